The van der Waals surface area contributed by atoms with Gasteiger partial charge in [-0.2, -0.15) is 0 Å². The third kappa shape index (κ3) is 2.36. The van der Waals surface area contributed by atoms with Crippen LogP contribution in [0.5, 0.6) is 5.75 Å². The highest BCUT2D eigenvalue weighted by Crippen LogP contribution is 2.37. The van der Waals surface area contributed by atoms with Crippen molar-refractivity contribution in [3.63, 3.8) is 0 Å². The predicted molar refractivity (Wildman–Crippen MR) is 85.1 cm³/mol. The Balaban J connectivity index is 2.41. The lowest BCUT2D eigenvalue weighted by Crippen LogP contribution is -2.12. The molecule has 0 aliphatic carbocycles. The summed E-state index contributed by atoms with van der Waals surface area (Å²) < 4.78 is 0.878. The number of rotatable bonds is 2. The van der Waals surface area contributed by atoms with Crippen molar-refractivity contribution in [1.29, 1.82) is 0 Å². The summed E-state index contributed by atoms with van der Waals surface area (Å²) in [6, 6.07) is 12.6. The van der Waals surface area contributed by atoms with Crippen LogP contribution in [0.15, 0.2) is 53.1 Å². The van der Waals surface area contributed by atoms with E-state index >= 15 is 0 Å². The van der Waals surface area contributed by atoms with Gasteiger partial charge in [0.2, 0.25) is 0 Å². The zero-order chi connectivity index (χ0) is 15.0. The third-order valence-corrected chi connectivity index (χ3v) is 3.76. The molecule has 0 saturated heterocycles. The number of benzene rings is 2. The number of primary amides is 1. The first-order chi connectivity index (χ1) is 10.1. The Labute approximate surface area is 129 Å². The number of phenols is 1. The van der Waals surface area contributed by atoms with Gasteiger partial charge >= 0.3 is 0 Å². The number of carbonyl (C=O) groups excluding carboxylic acids is 1. The highest BCUT2D eigenvalue weighted by atomic mass is 79.9. The van der Waals surface area contributed by atoms with E-state index in [2.05, 4.69) is 20.9 Å². The topological polar surface area (TPSA) is 76.2 Å². The minimum Gasteiger partial charge on any atom is -0.506 e. The second-order valence-corrected chi connectivity index (χ2v) is 5.51. The number of nitrogens with two attached hydrogens (primary N) is 1. The number of hydrogen-bond acceptors (Lipinski definition) is 3. The van der Waals surface area contributed by atoms with Gasteiger partial charge in [-0.05, 0) is 41.1 Å². The molecule has 2 aromatic carbocycles. The van der Waals surface area contributed by atoms with Crippen molar-refractivity contribution >= 4 is 32.6 Å². The number of amides is 1. The first-order valence-electron chi connectivity index (χ1n) is 6.24. The van der Waals surface area contributed by atoms with E-state index < -0.39 is 5.91 Å². The molecule has 3 rings (SSSR count). The molecule has 0 spiro atoms. The van der Waals surface area contributed by atoms with Crippen molar-refractivity contribution in [2.24, 2.45) is 5.73 Å². The molecule has 0 saturated carbocycles. The maximum atomic E-state index is 11.7. The lowest BCUT2D eigenvalue weighted by atomic mass is 9.97. The summed E-state index contributed by atoms with van der Waals surface area (Å²) in [6.45, 7) is 0. The first-order valence-corrected chi connectivity index (χ1v) is 7.03. The molecule has 104 valence electrons. The number of aromatic nitrogens is 1. The van der Waals surface area contributed by atoms with Gasteiger partial charge in [-0.25, -0.2) is 0 Å². The standard InChI is InChI=1S/C16H11BrN2O2/c17-10-4-5-11-9(7-10)8-12(13-3-1-2-6-19-13)15(20)14(11)16(18)21/h1-8,20H,(H2,18,21). The molecule has 21 heavy (non-hydrogen) atoms. The average Bonchev–Trinajstić information content (AvgIpc) is 2.47. The molecule has 1 aromatic heterocycles. The van der Waals surface area contributed by atoms with E-state index in [9.17, 15) is 9.90 Å². The summed E-state index contributed by atoms with van der Waals surface area (Å²) in [7, 11) is 0. The maximum absolute atomic E-state index is 11.7. The highest BCUT2D eigenvalue weighted by molar-refractivity contribution is 9.10. The maximum Gasteiger partial charge on any atom is 0.253 e. The monoisotopic (exact) mass is 342 g/mol. The molecule has 0 aliphatic rings. The Kier molecular flexibility index (Phi) is 3.35. The van der Waals surface area contributed by atoms with Crippen molar-refractivity contribution in [2.75, 3.05) is 0 Å². The number of nitrogens with zero attached hydrogens (tertiary/aromatic N) is 1. The summed E-state index contributed by atoms with van der Waals surface area (Å²) in [5.41, 5.74) is 6.61. The summed E-state index contributed by atoms with van der Waals surface area (Å²) in [5, 5.41) is 11.8. The Morgan fingerprint density at radius 1 is 1.19 bits per heavy atom. The summed E-state index contributed by atoms with van der Waals surface area (Å²) in [6.07, 6.45) is 1.63. The summed E-state index contributed by atoms with van der Waals surface area (Å²) in [5.74, 6) is -0.811. The molecule has 4 nitrogen and oxygen atoms in total. The molecule has 0 radical (unpaired) electrons. The second-order valence-electron chi connectivity index (χ2n) is 4.59. The predicted octanol–water partition coefficient (Wildman–Crippen LogP) is 3.47. The first kappa shape index (κ1) is 13.6. The van der Waals surface area contributed by atoms with E-state index in [-0.39, 0.29) is 11.3 Å². The largest absolute Gasteiger partial charge is 0.506 e. The molecule has 0 aliphatic heterocycles. The van der Waals surface area contributed by atoms with Crippen LogP contribution in [0.1, 0.15) is 10.4 Å². The zero-order valence-corrected chi connectivity index (χ0v) is 12.5. The quantitative estimate of drug-likeness (QED) is 0.748. The molecule has 0 bridgehead atoms. The molecule has 0 unspecified atom stereocenters. The van der Waals surface area contributed by atoms with Crippen LogP contribution in [-0.2, 0) is 0 Å². The van der Waals surface area contributed by atoms with Gasteiger partial charge in [0.15, 0.2) is 0 Å². The third-order valence-electron chi connectivity index (χ3n) is 3.26. The highest BCUT2D eigenvalue weighted by Gasteiger charge is 2.18. The van der Waals surface area contributed by atoms with Crippen LogP contribution in [0.4, 0.5) is 0 Å². The molecule has 3 N–H and O–H groups in total. The smallest absolute Gasteiger partial charge is 0.253 e. The number of aromatic hydroxyl groups is 1. The van der Waals surface area contributed by atoms with E-state index in [1.807, 2.05) is 12.1 Å². The Morgan fingerprint density at radius 2 is 2.00 bits per heavy atom. The van der Waals surface area contributed by atoms with Crippen LogP contribution in [0, 0.1) is 0 Å². The van der Waals surface area contributed by atoms with Gasteiger partial charge in [0.05, 0.1) is 11.3 Å². The summed E-state index contributed by atoms with van der Waals surface area (Å²) in [4.78, 5) is 15.9. The fraction of sp³-hybridized carbons (Fsp3) is 0. The van der Waals surface area contributed by atoms with Crippen LogP contribution in [0.25, 0.3) is 22.0 Å². The molecule has 5 heteroatoms. The zero-order valence-electron chi connectivity index (χ0n) is 10.9. The van der Waals surface area contributed by atoms with E-state index in [1.165, 1.54) is 0 Å². The van der Waals surface area contributed by atoms with Crippen molar-refractivity contribution in [3.8, 4) is 17.0 Å². The number of carbonyl (C=O) groups is 1. The number of fused-ring (bicyclic) bond motifs is 1. The van der Waals surface area contributed by atoms with Crippen molar-refractivity contribution in [1.82, 2.24) is 4.98 Å². The Bertz CT molecular complexity index is 848. The van der Waals surface area contributed by atoms with Crippen LogP contribution >= 0.6 is 15.9 Å². The molecule has 0 fully saturated rings. The van der Waals surface area contributed by atoms with Gasteiger partial charge in [0.25, 0.3) is 5.91 Å². The van der Waals surface area contributed by atoms with E-state index in [1.54, 1.807) is 36.5 Å². The van der Waals surface area contributed by atoms with Crippen molar-refractivity contribution in [3.05, 3.63) is 58.7 Å². The lowest BCUT2D eigenvalue weighted by Gasteiger charge is -2.11. The van der Waals surface area contributed by atoms with Crippen LogP contribution < -0.4 is 5.73 Å². The fourth-order valence-electron chi connectivity index (χ4n) is 2.33. The Hall–Kier alpha value is -2.40. The molecule has 1 heterocycles. The van der Waals surface area contributed by atoms with Crippen LogP contribution in [0.3, 0.4) is 0 Å². The minimum absolute atomic E-state index is 0.112. The fourth-order valence-corrected chi connectivity index (χ4v) is 2.71. The van der Waals surface area contributed by atoms with Gasteiger partial charge in [0.1, 0.15) is 5.75 Å². The number of hydrogen-bond donors (Lipinski definition) is 2. The second kappa shape index (κ2) is 5.18. The van der Waals surface area contributed by atoms with Gasteiger partial charge in [-0.1, -0.05) is 28.1 Å². The normalized spacial score (nSPS) is 10.7. The van der Waals surface area contributed by atoms with Gasteiger partial charge < -0.3 is 10.8 Å². The molecular formula is C16H11BrN2O2. The molecule has 0 atom stereocenters. The summed E-state index contributed by atoms with van der Waals surface area (Å²) >= 11 is 3.40. The number of pyridine rings is 1. The van der Waals surface area contributed by atoms with E-state index in [4.69, 9.17) is 5.73 Å². The minimum atomic E-state index is -0.669. The SMILES string of the molecule is NC(=O)c1c(O)c(-c2ccccn2)cc2cc(Br)ccc12. The van der Waals surface area contributed by atoms with Crippen molar-refractivity contribution < 1.29 is 9.90 Å². The average molecular weight is 343 g/mol. The van der Waals surface area contributed by atoms with Gasteiger partial charge in [0, 0.05) is 16.2 Å². The van der Waals surface area contributed by atoms with Gasteiger partial charge in [-0.3, -0.25) is 9.78 Å². The van der Waals surface area contributed by atoms with Crippen LogP contribution in [-0.4, -0.2) is 16.0 Å². The lowest BCUT2D eigenvalue weighted by molar-refractivity contribution is 0.0999. The Morgan fingerprint density at radius 3 is 2.67 bits per heavy atom. The van der Waals surface area contributed by atoms with E-state index in [0.29, 0.717) is 16.6 Å². The molecular weight excluding hydrogens is 332 g/mol. The number of halogens is 1. The van der Waals surface area contributed by atoms with Gasteiger partial charge in [-0.15, -0.1) is 0 Å². The van der Waals surface area contributed by atoms with Crippen molar-refractivity contribution in [2.45, 2.75) is 0 Å². The van der Waals surface area contributed by atoms with Crippen LogP contribution in [0.2, 0.25) is 0 Å². The molecule has 1 amide bonds. The van der Waals surface area contributed by atoms with E-state index in [0.717, 1.165) is 9.86 Å². The molecule has 3 aromatic rings.